The number of nitrogens with zero attached hydrogens (tertiary/aromatic N) is 3. The Morgan fingerprint density at radius 2 is 1.80 bits per heavy atom. The van der Waals surface area contributed by atoms with Crippen molar-refractivity contribution in [2.75, 3.05) is 38.3 Å². The largest absolute Gasteiger partial charge is 0.497 e. The molecular weight excluding hydrogens is 384 g/mol. The summed E-state index contributed by atoms with van der Waals surface area (Å²) in [5.41, 5.74) is 2.74. The van der Waals surface area contributed by atoms with Crippen molar-refractivity contribution < 1.29 is 14.3 Å². The Kier molecular flexibility index (Phi) is 4.71. The molecule has 1 N–H and O–H groups in total. The summed E-state index contributed by atoms with van der Waals surface area (Å²) in [5, 5.41) is 0.353. The Labute approximate surface area is 172 Å². The zero-order valence-electron chi connectivity index (χ0n) is 16.7. The molecule has 0 spiro atoms. The number of benzene rings is 1. The van der Waals surface area contributed by atoms with Gasteiger partial charge in [0.1, 0.15) is 5.75 Å². The number of methoxy groups -OCH3 is 1. The van der Waals surface area contributed by atoms with Crippen LogP contribution in [0.25, 0.3) is 22.2 Å². The van der Waals surface area contributed by atoms with Crippen LogP contribution in [0.15, 0.2) is 29.1 Å². The monoisotopic (exact) mass is 406 g/mol. The molecule has 2 aliphatic rings. The molecule has 0 radical (unpaired) electrons. The number of morpholine rings is 1. The summed E-state index contributed by atoms with van der Waals surface area (Å²) in [7, 11) is 1.60. The normalized spacial score (nSPS) is 16.6. The van der Waals surface area contributed by atoms with E-state index in [1.165, 1.54) is 0 Å². The number of aromatic nitrogens is 3. The molecule has 0 unspecified atom stereocenters. The third-order valence-electron chi connectivity index (χ3n) is 5.70. The number of hydrogen-bond acceptors (Lipinski definition) is 7. The second kappa shape index (κ2) is 7.53. The summed E-state index contributed by atoms with van der Waals surface area (Å²) < 4.78 is 10.7. The smallest absolute Gasteiger partial charge is 0.262 e. The molecule has 1 saturated heterocycles. The minimum absolute atomic E-state index is 0.0214. The number of fused-ring (bicyclic) bond motifs is 2. The number of carbonyl (C=O) groups excluding carboxylic acids is 1. The van der Waals surface area contributed by atoms with Gasteiger partial charge in [0.05, 0.1) is 31.4 Å². The molecule has 0 bridgehead atoms. The first-order valence-corrected chi connectivity index (χ1v) is 10.1. The van der Waals surface area contributed by atoms with Crippen molar-refractivity contribution in [2.24, 2.45) is 0 Å². The first-order chi connectivity index (χ1) is 14.7. The zero-order chi connectivity index (χ0) is 20.7. The van der Waals surface area contributed by atoms with Gasteiger partial charge in [-0.15, -0.1) is 0 Å². The molecule has 0 saturated carbocycles. The van der Waals surface area contributed by atoms with E-state index in [-0.39, 0.29) is 11.3 Å². The quantitative estimate of drug-likeness (QED) is 0.713. The van der Waals surface area contributed by atoms with Crippen molar-refractivity contribution in [3.05, 3.63) is 45.9 Å². The number of rotatable bonds is 3. The van der Waals surface area contributed by atoms with Crippen LogP contribution in [-0.4, -0.2) is 54.1 Å². The average Bonchev–Trinajstić information content (AvgIpc) is 2.78. The predicted molar refractivity (Wildman–Crippen MR) is 112 cm³/mol. The zero-order valence-corrected chi connectivity index (χ0v) is 16.7. The topological polar surface area (TPSA) is 97.4 Å². The molecule has 1 aromatic carbocycles. The van der Waals surface area contributed by atoms with Crippen molar-refractivity contribution in [3.8, 4) is 16.9 Å². The van der Waals surface area contributed by atoms with Gasteiger partial charge < -0.3 is 14.4 Å². The lowest BCUT2D eigenvalue weighted by Gasteiger charge is -2.27. The molecule has 3 aromatic rings. The number of pyridine rings is 1. The summed E-state index contributed by atoms with van der Waals surface area (Å²) in [4.78, 5) is 40.3. The first-order valence-electron chi connectivity index (χ1n) is 10.1. The average molecular weight is 406 g/mol. The highest BCUT2D eigenvalue weighted by molar-refractivity contribution is 6.10. The molecule has 2 aromatic heterocycles. The lowest BCUT2D eigenvalue weighted by Crippen LogP contribution is -2.38. The van der Waals surface area contributed by atoms with Crippen molar-refractivity contribution in [1.82, 2.24) is 15.0 Å². The van der Waals surface area contributed by atoms with Gasteiger partial charge in [-0.1, -0.05) is 12.1 Å². The molecule has 1 fully saturated rings. The summed E-state index contributed by atoms with van der Waals surface area (Å²) in [5.74, 6) is 1.22. The molecule has 8 heteroatoms. The lowest BCUT2D eigenvalue weighted by atomic mass is 9.87. The van der Waals surface area contributed by atoms with Crippen molar-refractivity contribution in [2.45, 2.75) is 19.3 Å². The van der Waals surface area contributed by atoms with Crippen molar-refractivity contribution in [3.63, 3.8) is 0 Å². The molecule has 30 heavy (non-hydrogen) atoms. The van der Waals surface area contributed by atoms with Gasteiger partial charge in [-0.25, -0.2) is 4.98 Å². The van der Waals surface area contributed by atoms with Crippen LogP contribution in [0.2, 0.25) is 0 Å². The van der Waals surface area contributed by atoms with E-state index in [0.717, 1.165) is 17.7 Å². The van der Waals surface area contributed by atoms with Crippen LogP contribution in [0.5, 0.6) is 5.75 Å². The maximum atomic E-state index is 13.2. The van der Waals surface area contributed by atoms with Crippen molar-refractivity contribution >= 4 is 22.8 Å². The van der Waals surface area contributed by atoms with Crippen LogP contribution >= 0.6 is 0 Å². The number of carbonyl (C=O) groups is 1. The molecule has 0 atom stereocenters. The first kappa shape index (κ1) is 18.7. The molecule has 1 aliphatic heterocycles. The van der Waals surface area contributed by atoms with Gasteiger partial charge in [0.25, 0.3) is 5.56 Å². The fourth-order valence-electron chi connectivity index (χ4n) is 4.20. The lowest BCUT2D eigenvalue weighted by molar-refractivity contribution is 0.0972. The van der Waals surface area contributed by atoms with E-state index < -0.39 is 0 Å². The Morgan fingerprint density at radius 3 is 2.53 bits per heavy atom. The van der Waals surface area contributed by atoms with Gasteiger partial charge in [-0.3, -0.25) is 14.6 Å². The minimum atomic E-state index is -0.291. The van der Waals surface area contributed by atoms with Gasteiger partial charge in [0, 0.05) is 30.6 Å². The molecule has 8 nitrogen and oxygen atoms in total. The standard InChI is InChI=1S/C22H22N4O4/c1-29-14-7-5-13(6-8-14)17-18-15(3-2-4-16(18)27)23-20-19(17)21(28)25-22(24-20)26-9-11-30-12-10-26/h5-8H,2-4,9-12H2,1H3,(H,23,24,25,28). The van der Waals surface area contributed by atoms with Crippen LogP contribution in [0.3, 0.4) is 0 Å². The fraction of sp³-hybridized carbons (Fsp3) is 0.364. The summed E-state index contributed by atoms with van der Waals surface area (Å²) in [6, 6.07) is 7.38. The van der Waals surface area contributed by atoms with E-state index in [2.05, 4.69) is 15.0 Å². The number of anilines is 1. The summed E-state index contributed by atoms with van der Waals surface area (Å²) >= 11 is 0. The number of hydrogen-bond donors (Lipinski definition) is 1. The van der Waals surface area contributed by atoms with E-state index in [1.54, 1.807) is 7.11 Å². The highest BCUT2D eigenvalue weighted by Crippen LogP contribution is 2.35. The van der Waals surface area contributed by atoms with E-state index >= 15 is 0 Å². The van der Waals surface area contributed by atoms with Crippen LogP contribution in [-0.2, 0) is 11.2 Å². The van der Waals surface area contributed by atoms with E-state index in [9.17, 15) is 9.59 Å². The van der Waals surface area contributed by atoms with Gasteiger partial charge in [0.15, 0.2) is 11.4 Å². The Hall–Kier alpha value is -3.26. The van der Waals surface area contributed by atoms with E-state index in [4.69, 9.17) is 9.47 Å². The number of aromatic amines is 1. The summed E-state index contributed by atoms with van der Waals surface area (Å²) in [6.45, 7) is 2.49. The Bertz CT molecular complexity index is 1180. The molecule has 0 amide bonds. The maximum Gasteiger partial charge on any atom is 0.262 e. The number of ketones is 1. The second-order valence-electron chi connectivity index (χ2n) is 7.50. The molecule has 154 valence electrons. The third-order valence-corrected chi connectivity index (χ3v) is 5.70. The van der Waals surface area contributed by atoms with Crippen molar-refractivity contribution in [1.29, 1.82) is 0 Å². The van der Waals surface area contributed by atoms with Crippen LogP contribution < -0.4 is 15.2 Å². The third kappa shape index (κ3) is 3.13. The molecule has 5 rings (SSSR count). The maximum absolute atomic E-state index is 13.2. The fourth-order valence-corrected chi connectivity index (χ4v) is 4.20. The van der Waals surface area contributed by atoms with Gasteiger partial charge in [-0.2, -0.15) is 4.98 Å². The molecule has 3 heterocycles. The summed E-state index contributed by atoms with van der Waals surface area (Å²) in [6.07, 6.45) is 1.91. The Morgan fingerprint density at radius 1 is 1.03 bits per heavy atom. The highest BCUT2D eigenvalue weighted by Gasteiger charge is 2.28. The SMILES string of the molecule is COc1ccc(-c2c3c(nc4nc(N5CCOCC5)[nH]c(=O)c24)CCCC3=O)cc1. The van der Waals surface area contributed by atoms with Crippen LogP contribution in [0.1, 0.15) is 28.9 Å². The number of nitrogens with one attached hydrogen (secondary N) is 1. The van der Waals surface area contributed by atoms with Crippen LogP contribution in [0.4, 0.5) is 5.95 Å². The van der Waals surface area contributed by atoms with Gasteiger partial charge in [0.2, 0.25) is 5.95 Å². The molecular formula is C22H22N4O4. The van der Waals surface area contributed by atoms with Gasteiger partial charge >= 0.3 is 0 Å². The number of ether oxygens (including phenoxy) is 2. The second-order valence-corrected chi connectivity index (χ2v) is 7.50. The number of H-pyrrole nitrogens is 1. The number of Topliss-reactive ketones (excluding diaryl/α,β-unsaturated/α-hetero) is 1. The number of aryl methyl sites for hydroxylation is 1. The van der Waals surface area contributed by atoms with Gasteiger partial charge in [-0.05, 0) is 30.5 Å². The minimum Gasteiger partial charge on any atom is -0.497 e. The molecule has 1 aliphatic carbocycles. The predicted octanol–water partition coefficient (Wildman–Crippen LogP) is 2.35. The Balaban J connectivity index is 1.77. The van der Waals surface area contributed by atoms with E-state index in [0.29, 0.717) is 73.0 Å². The van der Waals surface area contributed by atoms with E-state index in [1.807, 2.05) is 29.2 Å². The van der Waals surface area contributed by atoms with Crippen LogP contribution in [0, 0.1) is 0 Å². The highest BCUT2D eigenvalue weighted by atomic mass is 16.5.